The van der Waals surface area contributed by atoms with E-state index in [2.05, 4.69) is 10.2 Å². The van der Waals surface area contributed by atoms with Crippen LogP contribution >= 0.6 is 34.5 Å². The number of rotatable bonds is 17. The van der Waals surface area contributed by atoms with Gasteiger partial charge in [0.15, 0.2) is 23.9 Å². The molecular weight excluding hydrogens is 729 g/mol. The molecule has 14 heteroatoms. The van der Waals surface area contributed by atoms with Crippen LogP contribution in [0, 0.1) is 11.1 Å². The highest BCUT2D eigenvalue weighted by Crippen LogP contribution is 2.41. The third-order valence-corrected chi connectivity index (χ3v) is 11.1. The molecule has 1 aliphatic rings. The van der Waals surface area contributed by atoms with Gasteiger partial charge in [-0.2, -0.15) is 4.73 Å². The number of hydrogen-bond donors (Lipinski definition) is 2. The van der Waals surface area contributed by atoms with E-state index in [0.717, 1.165) is 54.9 Å². The highest BCUT2D eigenvalue weighted by Gasteiger charge is 2.30. The van der Waals surface area contributed by atoms with Crippen LogP contribution in [0.3, 0.4) is 0 Å². The summed E-state index contributed by atoms with van der Waals surface area (Å²) in [5, 5.41) is 26.1. The third kappa shape index (κ3) is 9.94. The smallest absolute Gasteiger partial charge is 0.346 e. The summed E-state index contributed by atoms with van der Waals surface area (Å²) in [6, 6.07) is 15.7. The number of nitrogens with one attached hydrogen (secondary N) is 1. The Morgan fingerprint density at radius 2 is 1.69 bits per heavy atom. The fraction of sp³-hybridized carbons (Fsp3) is 0.395. The van der Waals surface area contributed by atoms with E-state index in [1.165, 1.54) is 26.6 Å². The topological polar surface area (TPSA) is 134 Å². The number of thiophene rings is 1. The minimum Gasteiger partial charge on any atom is -0.619 e. The molecular formula is C38H43Cl2N3O8S. The molecule has 4 aromatic rings. The molecule has 3 heterocycles. The molecule has 2 aromatic carbocycles. The molecule has 5 rings (SSSR count). The molecule has 1 aliphatic heterocycles. The Labute approximate surface area is 317 Å². The molecule has 0 spiro atoms. The van der Waals surface area contributed by atoms with Crippen LogP contribution in [0.25, 0.3) is 0 Å². The molecule has 0 saturated carbocycles. The van der Waals surface area contributed by atoms with E-state index in [1.807, 2.05) is 42.5 Å². The molecule has 2 atom stereocenters. The average molecular weight is 773 g/mol. The summed E-state index contributed by atoms with van der Waals surface area (Å²) in [6.45, 7) is 3.98. The van der Waals surface area contributed by atoms with Crippen LogP contribution in [0.4, 0.5) is 0 Å². The maximum atomic E-state index is 13.6. The lowest BCUT2D eigenvalue weighted by molar-refractivity contribution is -0.605. The van der Waals surface area contributed by atoms with Crippen LogP contribution in [-0.2, 0) is 27.2 Å². The number of methoxy groups -OCH3 is 3. The molecule has 1 unspecified atom stereocenters. The SMILES string of the molecule is COCCN1CCC(COC(=O)[C@@H](NCc2cc(C(Cc3c(Cl)c[n+]([O-])cc3Cl)c3ccc(OC)c(OC)c3)c(C(=O)O)s2)c2ccccc2)CC1. The Bertz CT molecular complexity index is 1790. The lowest BCUT2D eigenvalue weighted by Crippen LogP contribution is -2.38. The quantitative estimate of drug-likeness (QED) is 0.0696. The summed E-state index contributed by atoms with van der Waals surface area (Å²) in [5.74, 6) is -0.821. The van der Waals surface area contributed by atoms with Gasteiger partial charge in [0.2, 0.25) is 0 Å². The van der Waals surface area contributed by atoms with Gasteiger partial charge < -0.3 is 34.2 Å². The normalized spacial score (nSPS) is 14.9. The Morgan fingerprint density at radius 3 is 2.33 bits per heavy atom. The first kappa shape index (κ1) is 39.3. The van der Waals surface area contributed by atoms with E-state index < -0.39 is 23.9 Å². The first-order valence-corrected chi connectivity index (χ1v) is 18.5. The lowest BCUT2D eigenvalue weighted by Gasteiger charge is -2.31. The van der Waals surface area contributed by atoms with Crippen LogP contribution in [0.5, 0.6) is 11.5 Å². The van der Waals surface area contributed by atoms with Gasteiger partial charge in [-0.3, -0.25) is 5.32 Å². The van der Waals surface area contributed by atoms with E-state index >= 15 is 0 Å². The number of hydrogen-bond acceptors (Lipinski definition) is 10. The van der Waals surface area contributed by atoms with Gasteiger partial charge in [0, 0.05) is 36.6 Å². The molecule has 2 aromatic heterocycles. The second kappa shape index (κ2) is 18.7. The van der Waals surface area contributed by atoms with Gasteiger partial charge in [-0.15, -0.1) is 11.3 Å². The highest BCUT2D eigenvalue weighted by molar-refractivity contribution is 7.14. The number of likely N-dealkylation sites (tertiary alicyclic amines) is 1. The van der Waals surface area contributed by atoms with E-state index in [1.54, 1.807) is 19.2 Å². The molecule has 52 heavy (non-hydrogen) atoms. The molecule has 1 saturated heterocycles. The van der Waals surface area contributed by atoms with E-state index in [9.17, 15) is 19.9 Å². The van der Waals surface area contributed by atoms with Crippen LogP contribution < -0.4 is 19.5 Å². The second-order valence-corrected chi connectivity index (χ2v) is 14.5. The lowest BCUT2D eigenvalue weighted by atomic mass is 9.85. The monoisotopic (exact) mass is 771 g/mol. The Kier molecular flexibility index (Phi) is 14.2. The minimum atomic E-state index is -1.10. The third-order valence-electron chi connectivity index (χ3n) is 9.29. The van der Waals surface area contributed by atoms with E-state index in [4.69, 9.17) is 42.1 Å². The van der Waals surface area contributed by atoms with Crippen molar-refractivity contribution in [1.29, 1.82) is 0 Å². The van der Waals surface area contributed by atoms with Crippen molar-refractivity contribution < 1.29 is 38.4 Å². The number of carboxylic acid groups (broad SMARTS) is 1. The number of nitrogens with zero attached hydrogens (tertiary/aromatic N) is 2. The van der Waals surface area contributed by atoms with Gasteiger partial charge in [-0.05, 0) is 73.2 Å². The molecule has 0 amide bonds. The molecule has 1 fully saturated rings. The highest BCUT2D eigenvalue weighted by atomic mass is 35.5. The Balaban J connectivity index is 1.40. The zero-order chi connectivity index (χ0) is 37.2. The summed E-state index contributed by atoms with van der Waals surface area (Å²) in [5.41, 5.74) is 2.47. The molecule has 11 nitrogen and oxygen atoms in total. The first-order valence-electron chi connectivity index (χ1n) is 16.9. The Morgan fingerprint density at radius 1 is 1.00 bits per heavy atom. The van der Waals surface area contributed by atoms with Crippen molar-refractivity contribution in [3.05, 3.63) is 114 Å². The van der Waals surface area contributed by atoms with Crippen molar-refractivity contribution >= 4 is 46.5 Å². The predicted octanol–water partition coefficient (Wildman–Crippen LogP) is 6.51. The van der Waals surface area contributed by atoms with Crippen LogP contribution in [0.2, 0.25) is 10.0 Å². The molecule has 0 bridgehead atoms. The number of ether oxygens (including phenoxy) is 4. The molecule has 2 N–H and O–H groups in total. The number of aromatic carboxylic acids is 1. The zero-order valence-electron chi connectivity index (χ0n) is 29.3. The van der Waals surface area contributed by atoms with Crippen molar-refractivity contribution in [2.24, 2.45) is 5.92 Å². The first-order chi connectivity index (χ1) is 25.1. The summed E-state index contributed by atoms with van der Waals surface area (Å²) in [7, 11) is 4.75. The van der Waals surface area contributed by atoms with Gasteiger partial charge in [0.1, 0.15) is 21.0 Å². The van der Waals surface area contributed by atoms with Gasteiger partial charge in [-0.1, -0.05) is 59.6 Å². The van der Waals surface area contributed by atoms with Crippen molar-refractivity contribution in [1.82, 2.24) is 10.2 Å². The van der Waals surface area contributed by atoms with Gasteiger partial charge in [0.25, 0.3) is 0 Å². The fourth-order valence-electron chi connectivity index (χ4n) is 6.44. The van der Waals surface area contributed by atoms with Crippen molar-refractivity contribution in [3.63, 3.8) is 0 Å². The number of carbonyl (C=O) groups is 2. The van der Waals surface area contributed by atoms with E-state index in [-0.39, 0.29) is 33.8 Å². The van der Waals surface area contributed by atoms with Crippen molar-refractivity contribution in [2.75, 3.05) is 54.2 Å². The number of carbonyl (C=O) groups excluding carboxylic acids is 1. The molecule has 278 valence electrons. The van der Waals surface area contributed by atoms with Crippen LogP contribution in [-0.4, -0.2) is 76.1 Å². The summed E-state index contributed by atoms with van der Waals surface area (Å²) < 4.78 is 22.6. The maximum Gasteiger partial charge on any atom is 0.346 e. The van der Waals surface area contributed by atoms with E-state index in [0.29, 0.717) is 45.4 Å². The summed E-state index contributed by atoms with van der Waals surface area (Å²) >= 11 is 14.1. The van der Waals surface area contributed by atoms with Crippen molar-refractivity contribution in [3.8, 4) is 11.5 Å². The number of benzene rings is 2. The molecule has 0 aliphatic carbocycles. The van der Waals surface area contributed by atoms with Crippen LogP contribution in [0.15, 0.2) is 67.0 Å². The zero-order valence-corrected chi connectivity index (χ0v) is 31.6. The van der Waals surface area contributed by atoms with Gasteiger partial charge in [0.05, 0.1) is 27.4 Å². The average Bonchev–Trinajstić information content (AvgIpc) is 3.57. The minimum absolute atomic E-state index is 0.120. The number of halogens is 2. The Hall–Kier alpha value is -3.91. The number of pyridine rings is 1. The number of esters is 1. The number of piperidine rings is 1. The molecule has 0 radical (unpaired) electrons. The fourth-order valence-corrected chi connectivity index (χ4v) is 8.05. The van der Waals surface area contributed by atoms with Gasteiger partial charge in [-0.25, -0.2) is 9.59 Å². The number of carboxylic acids is 1. The van der Waals surface area contributed by atoms with Crippen molar-refractivity contribution in [2.45, 2.75) is 37.8 Å². The van der Waals surface area contributed by atoms with Crippen LogP contribution in [0.1, 0.15) is 61.6 Å². The summed E-state index contributed by atoms with van der Waals surface area (Å²) in [4.78, 5) is 29.6. The maximum absolute atomic E-state index is 13.6. The second-order valence-electron chi connectivity index (χ2n) is 12.6. The van der Waals surface area contributed by atoms with Gasteiger partial charge >= 0.3 is 11.9 Å². The number of aromatic nitrogens is 1. The standard InChI is InChI=1S/C38H43Cl2N3O8S/c1-48-16-15-42-13-11-24(12-14-42)23-51-38(46)35(25-7-5-4-6-8-25)41-20-27-18-29(36(52-27)37(44)45)28(19-30-31(39)21-43(47)22-32(30)40)26-9-10-33(49-2)34(17-26)50-3/h4-10,17-18,21-22,24,28,35,41H,11-16,19-20,23H2,1-3H3,(H,44,45)/t28?,35-/m0/s1. The largest absolute Gasteiger partial charge is 0.619 e. The summed E-state index contributed by atoms with van der Waals surface area (Å²) in [6.07, 6.45) is 4.48. The predicted molar refractivity (Wildman–Crippen MR) is 200 cm³/mol.